The molecule has 2 heterocycles. The van der Waals surface area contributed by atoms with Crippen molar-refractivity contribution >= 4 is 28.8 Å². The van der Waals surface area contributed by atoms with E-state index in [-0.39, 0.29) is 12.1 Å². The smallest absolute Gasteiger partial charge is 0.410 e. The molecule has 3 N–H and O–H groups in total. The number of nitrogens with one attached hydrogen (secondary N) is 1. The van der Waals surface area contributed by atoms with E-state index < -0.39 is 5.60 Å². The van der Waals surface area contributed by atoms with Crippen LogP contribution in [0, 0.1) is 0 Å². The van der Waals surface area contributed by atoms with E-state index in [1.165, 1.54) is 0 Å². The summed E-state index contributed by atoms with van der Waals surface area (Å²) in [5.41, 5.74) is 7.07. The van der Waals surface area contributed by atoms with Gasteiger partial charge in [-0.1, -0.05) is 12.1 Å². The maximum Gasteiger partial charge on any atom is 0.410 e. The van der Waals surface area contributed by atoms with Gasteiger partial charge in [-0.25, -0.2) is 14.8 Å². The SMILES string of the molecule is CC(C)(C)OC(=O)N1CCC(Nc2nc3ccccc3nc2N)C1. The highest BCUT2D eigenvalue weighted by Crippen LogP contribution is 2.22. The molecule has 1 aliphatic rings. The van der Waals surface area contributed by atoms with E-state index in [0.717, 1.165) is 17.5 Å². The Bertz CT molecular complexity index is 756. The zero-order chi connectivity index (χ0) is 17.3. The standard InChI is InChI=1S/C17H23N5O2/c1-17(2,3)24-16(23)22-9-8-11(10-22)19-15-14(18)20-12-6-4-5-7-13(12)21-15/h4-7,11H,8-10H2,1-3H3,(H2,18,20)(H,19,21). The third-order valence-electron chi connectivity index (χ3n) is 3.78. The maximum absolute atomic E-state index is 12.1. The average molecular weight is 329 g/mol. The zero-order valence-electron chi connectivity index (χ0n) is 14.2. The van der Waals surface area contributed by atoms with Gasteiger partial charge in [-0.05, 0) is 39.3 Å². The van der Waals surface area contributed by atoms with Gasteiger partial charge >= 0.3 is 6.09 Å². The highest BCUT2D eigenvalue weighted by molar-refractivity contribution is 5.79. The molecule has 1 saturated heterocycles. The monoisotopic (exact) mass is 329 g/mol. The number of benzene rings is 1. The lowest BCUT2D eigenvalue weighted by Gasteiger charge is -2.24. The number of ether oxygens (including phenoxy) is 1. The first-order valence-electron chi connectivity index (χ1n) is 8.08. The van der Waals surface area contributed by atoms with Gasteiger partial charge in [-0.15, -0.1) is 0 Å². The molecule has 1 aromatic carbocycles. The summed E-state index contributed by atoms with van der Waals surface area (Å²) in [6.07, 6.45) is 0.525. The number of hydrogen-bond donors (Lipinski definition) is 2. The number of fused-ring (bicyclic) bond motifs is 1. The van der Waals surface area contributed by atoms with Crippen LogP contribution >= 0.6 is 0 Å². The molecule has 1 aromatic heterocycles. The predicted molar refractivity (Wildman–Crippen MR) is 93.8 cm³/mol. The van der Waals surface area contributed by atoms with Gasteiger partial charge in [-0.2, -0.15) is 0 Å². The lowest BCUT2D eigenvalue weighted by atomic mass is 10.2. The number of nitrogens with zero attached hydrogens (tertiary/aromatic N) is 3. The summed E-state index contributed by atoms with van der Waals surface area (Å²) in [6.45, 7) is 6.79. The summed E-state index contributed by atoms with van der Waals surface area (Å²) in [7, 11) is 0. The molecule has 1 fully saturated rings. The highest BCUT2D eigenvalue weighted by atomic mass is 16.6. The molecule has 1 amide bonds. The van der Waals surface area contributed by atoms with E-state index in [1.54, 1.807) is 4.90 Å². The van der Waals surface area contributed by atoms with Crippen LogP contribution in [-0.2, 0) is 4.74 Å². The molecule has 128 valence electrons. The fraction of sp³-hybridized carbons (Fsp3) is 0.471. The fourth-order valence-electron chi connectivity index (χ4n) is 2.68. The van der Waals surface area contributed by atoms with Gasteiger partial charge in [-0.3, -0.25) is 0 Å². The molecule has 1 unspecified atom stereocenters. The molecule has 2 aromatic rings. The van der Waals surface area contributed by atoms with Gasteiger partial charge in [0, 0.05) is 19.1 Å². The van der Waals surface area contributed by atoms with Crippen molar-refractivity contribution in [2.75, 3.05) is 24.1 Å². The molecule has 0 radical (unpaired) electrons. The Balaban J connectivity index is 1.67. The summed E-state index contributed by atoms with van der Waals surface area (Å²) >= 11 is 0. The summed E-state index contributed by atoms with van der Waals surface area (Å²) in [6, 6.07) is 7.67. The van der Waals surface area contributed by atoms with Crippen molar-refractivity contribution in [3.05, 3.63) is 24.3 Å². The van der Waals surface area contributed by atoms with Crippen LogP contribution < -0.4 is 11.1 Å². The second kappa shape index (κ2) is 6.14. The summed E-state index contributed by atoms with van der Waals surface area (Å²) in [5, 5.41) is 3.30. The molecular weight excluding hydrogens is 306 g/mol. The quantitative estimate of drug-likeness (QED) is 0.880. The van der Waals surface area contributed by atoms with E-state index >= 15 is 0 Å². The molecule has 1 atom stereocenters. The second-order valence-corrected chi connectivity index (χ2v) is 7.00. The Labute approximate surface area is 141 Å². The number of carbonyl (C=O) groups is 1. The largest absolute Gasteiger partial charge is 0.444 e. The van der Waals surface area contributed by atoms with Crippen LogP contribution in [0.25, 0.3) is 11.0 Å². The van der Waals surface area contributed by atoms with Crippen LogP contribution in [0.2, 0.25) is 0 Å². The Morgan fingerprint density at radius 3 is 2.62 bits per heavy atom. The molecule has 0 spiro atoms. The number of amides is 1. The van der Waals surface area contributed by atoms with Gasteiger partial charge in [0.15, 0.2) is 11.6 Å². The van der Waals surface area contributed by atoms with Crippen LogP contribution in [0.4, 0.5) is 16.4 Å². The van der Waals surface area contributed by atoms with Crippen molar-refractivity contribution in [2.24, 2.45) is 0 Å². The summed E-state index contributed by atoms with van der Waals surface area (Å²) in [5.74, 6) is 0.925. The van der Waals surface area contributed by atoms with E-state index in [4.69, 9.17) is 10.5 Å². The molecule has 0 aliphatic carbocycles. The first-order valence-corrected chi connectivity index (χ1v) is 8.08. The molecule has 7 nitrogen and oxygen atoms in total. The van der Waals surface area contributed by atoms with Crippen LogP contribution in [0.5, 0.6) is 0 Å². The minimum Gasteiger partial charge on any atom is -0.444 e. The van der Waals surface area contributed by atoms with Crippen molar-refractivity contribution in [1.82, 2.24) is 14.9 Å². The van der Waals surface area contributed by atoms with E-state index in [1.807, 2.05) is 45.0 Å². The third kappa shape index (κ3) is 3.67. The summed E-state index contributed by atoms with van der Waals surface area (Å²) in [4.78, 5) is 22.7. The van der Waals surface area contributed by atoms with Crippen LogP contribution in [-0.4, -0.2) is 45.7 Å². The zero-order valence-corrected chi connectivity index (χ0v) is 14.2. The average Bonchev–Trinajstić information content (AvgIpc) is 2.95. The topological polar surface area (TPSA) is 93.4 Å². The number of nitrogens with two attached hydrogens (primary N) is 1. The Hall–Kier alpha value is -2.57. The van der Waals surface area contributed by atoms with Gasteiger partial charge < -0.3 is 20.7 Å². The van der Waals surface area contributed by atoms with Crippen molar-refractivity contribution in [3.63, 3.8) is 0 Å². The predicted octanol–water partition coefficient (Wildman–Crippen LogP) is 2.63. The molecule has 7 heteroatoms. The Morgan fingerprint density at radius 1 is 1.29 bits per heavy atom. The molecular formula is C17H23N5O2. The normalized spacial score (nSPS) is 18.0. The molecule has 3 rings (SSSR count). The van der Waals surface area contributed by atoms with E-state index in [2.05, 4.69) is 15.3 Å². The highest BCUT2D eigenvalue weighted by Gasteiger charge is 2.30. The number of nitrogen functional groups attached to an aromatic ring is 1. The number of likely N-dealkylation sites (tertiary alicyclic amines) is 1. The van der Waals surface area contributed by atoms with Gasteiger partial charge in [0.1, 0.15) is 5.60 Å². The molecule has 1 aliphatic heterocycles. The van der Waals surface area contributed by atoms with Crippen molar-refractivity contribution < 1.29 is 9.53 Å². The van der Waals surface area contributed by atoms with Crippen molar-refractivity contribution in [1.29, 1.82) is 0 Å². The minimum atomic E-state index is -0.489. The van der Waals surface area contributed by atoms with Crippen LogP contribution in [0.3, 0.4) is 0 Å². The minimum absolute atomic E-state index is 0.0790. The number of para-hydroxylation sites is 2. The van der Waals surface area contributed by atoms with Crippen molar-refractivity contribution in [2.45, 2.75) is 38.8 Å². The Kier molecular flexibility index (Phi) is 4.17. The first kappa shape index (κ1) is 16.3. The lowest BCUT2D eigenvalue weighted by Crippen LogP contribution is -2.36. The van der Waals surface area contributed by atoms with Gasteiger partial charge in [0.25, 0.3) is 0 Å². The molecule has 24 heavy (non-hydrogen) atoms. The first-order chi connectivity index (χ1) is 11.3. The number of anilines is 2. The lowest BCUT2D eigenvalue weighted by molar-refractivity contribution is 0.0293. The molecule has 0 bridgehead atoms. The Morgan fingerprint density at radius 2 is 1.96 bits per heavy atom. The summed E-state index contributed by atoms with van der Waals surface area (Å²) < 4.78 is 5.41. The third-order valence-corrected chi connectivity index (χ3v) is 3.78. The fourth-order valence-corrected chi connectivity index (χ4v) is 2.68. The van der Waals surface area contributed by atoms with Gasteiger partial charge in [0.2, 0.25) is 0 Å². The molecule has 0 saturated carbocycles. The number of carbonyl (C=O) groups excluding carboxylic acids is 1. The van der Waals surface area contributed by atoms with E-state index in [0.29, 0.717) is 24.7 Å². The number of aromatic nitrogens is 2. The van der Waals surface area contributed by atoms with E-state index in [9.17, 15) is 4.79 Å². The van der Waals surface area contributed by atoms with Gasteiger partial charge in [0.05, 0.1) is 11.0 Å². The van der Waals surface area contributed by atoms with Crippen molar-refractivity contribution in [3.8, 4) is 0 Å². The maximum atomic E-state index is 12.1. The van der Waals surface area contributed by atoms with Crippen LogP contribution in [0.15, 0.2) is 24.3 Å². The number of hydrogen-bond acceptors (Lipinski definition) is 6. The number of rotatable bonds is 2. The van der Waals surface area contributed by atoms with Crippen LogP contribution in [0.1, 0.15) is 27.2 Å². The second-order valence-electron chi connectivity index (χ2n) is 7.00.